The Bertz CT molecular complexity index is 784. The van der Waals surface area contributed by atoms with Gasteiger partial charge in [-0.2, -0.15) is 0 Å². The topological polar surface area (TPSA) is 111 Å². The number of aromatic nitrogens is 1. The Morgan fingerprint density at radius 2 is 2.14 bits per heavy atom. The van der Waals surface area contributed by atoms with Gasteiger partial charge in [-0.1, -0.05) is 0 Å². The number of ether oxygens (including phenoxy) is 1. The van der Waals surface area contributed by atoms with Crippen molar-refractivity contribution in [3.8, 4) is 5.75 Å². The highest BCUT2D eigenvalue weighted by Gasteiger charge is 2.21. The largest absolute Gasteiger partial charge is 0.495 e. The smallest absolute Gasteiger partial charge is 0.267 e. The Morgan fingerprint density at radius 3 is 2.71 bits per heavy atom. The number of rotatable bonds is 5. The van der Waals surface area contributed by atoms with Gasteiger partial charge >= 0.3 is 0 Å². The van der Waals surface area contributed by atoms with Gasteiger partial charge in [-0.3, -0.25) is 9.52 Å². The summed E-state index contributed by atoms with van der Waals surface area (Å²) in [5.41, 5.74) is 6.11. The maximum absolute atomic E-state index is 12.3. The lowest BCUT2D eigenvalue weighted by atomic mass is 10.3. The molecule has 0 bridgehead atoms. The molecule has 9 heteroatoms. The van der Waals surface area contributed by atoms with E-state index in [-0.39, 0.29) is 27.3 Å². The number of Topliss-reactive ketones (excluding diaryl/α,β-unsaturated/α-hetero) is 1. The molecule has 1 heterocycles. The average molecular weight is 327 g/mol. The van der Waals surface area contributed by atoms with Crippen LogP contribution >= 0.6 is 11.3 Å². The summed E-state index contributed by atoms with van der Waals surface area (Å²) in [4.78, 5) is 15.0. The Labute approximate surface area is 125 Å². The van der Waals surface area contributed by atoms with Gasteiger partial charge in [0, 0.05) is 18.0 Å². The molecule has 7 nitrogen and oxygen atoms in total. The number of hydrogen-bond donors (Lipinski definition) is 2. The Morgan fingerprint density at radius 1 is 1.43 bits per heavy atom. The SMILES string of the molecule is COc1ccc(N)cc1S(=O)(=O)Nc1nc(C(C)=O)cs1. The number of benzene rings is 1. The van der Waals surface area contributed by atoms with Crippen LogP contribution in [0.25, 0.3) is 0 Å². The van der Waals surface area contributed by atoms with E-state index in [1.165, 1.54) is 37.6 Å². The average Bonchev–Trinajstić information content (AvgIpc) is 2.86. The first-order valence-electron chi connectivity index (χ1n) is 5.76. The summed E-state index contributed by atoms with van der Waals surface area (Å²) in [6.07, 6.45) is 0. The number of nitrogens with one attached hydrogen (secondary N) is 1. The van der Waals surface area contributed by atoms with Crippen molar-refractivity contribution in [1.82, 2.24) is 4.98 Å². The summed E-state index contributed by atoms with van der Waals surface area (Å²) in [6, 6.07) is 4.29. The number of methoxy groups -OCH3 is 1. The summed E-state index contributed by atoms with van der Waals surface area (Å²) in [5.74, 6) is -0.0710. The predicted octanol–water partition coefficient (Wildman–Crippen LogP) is 1.74. The second kappa shape index (κ2) is 5.70. The minimum atomic E-state index is -3.91. The van der Waals surface area contributed by atoms with Gasteiger partial charge in [-0.25, -0.2) is 13.4 Å². The minimum absolute atomic E-state index is 0.0930. The Hall–Kier alpha value is -2.13. The van der Waals surface area contributed by atoms with E-state index in [1.807, 2.05) is 0 Å². The van der Waals surface area contributed by atoms with Crippen LogP contribution in [-0.2, 0) is 10.0 Å². The molecule has 112 valence electrons. The molecule has 21 heavy (non-hydrogen) atoms. The fraction of sp³-hybridized carbons (Fsp3) is 0.167. The number of sulfonamides is 1. The zero-order valence-corrected chi connectivity index (χ0v) is 12.9. The van der Waals surface area contributed by atoms with Gasteiger partial charge in [0.1, 0.15) is 16.3 Å². The molecular weight excluding hydrogens is 314 g/mol. The van der Waals surface area contributed by atoms with E-state index in [0.717, 1.165) is 11.3 Å². The molecule has 0 atom stereocenters. The standard InChI is InChI=1S/C12H13N3O4S2/c1-7(16)9-6-20-12(14-9)15-21(17,18)11-5-8(13)3-4-10(11)19-2/h3-6H,13H2,1-2H3,(H,14,15). The molecule has 0 spiro atoms. The van der Waals surface area contributed by atoms with Gasteiger partial charge in [-0.05, 0) is 18.2 Å². The van der Waals surface area contributed by atoms with Crippen molar-refractivity contribution in [2.24, 2.45) is 0 Å². The first-order valence-corrected chi connectivity index (χ1v) is 8.12. The normalized spacial score (nSPS) is 11.1. The van der Waals surface area contributed by atoms with E-state index in [1.54, 1.807) is 0 Å². The number of thiazole rings is 1. The second-order valence-corrected chi connectivity index (χ2v) is 6.62. The molecule has 0 aliphatic heterocycles. The number of nitrogens with two attached hydrogens (primary N) is 1. The van der Waals surface area contributed by atoms with E-state index < -0.39 is 10.0 Å². The third-order valence-electron chi connectivity index (χ3n) is 2.56. The van der Waals surface area contributed by atoms with Crippen LogP contribution in [-0.4, -0.2) is 26.3 Å². The van der Waals surface area contributed by atoms with E-state index in [2.05, 4.69) is 9.71 Å². The number of anilines is 2. The van der Waals surface area contributed by atoms with Crippen molar-refractivity contribution in [2.75, 3.05) is 17.6 Å². The van der Waals surface area contributed by atoms with Crippen molar-refractivity contribution in [3.63, 3.8) is 0 Å². The van der Waals surface area contributed by atoms with Crippen LogP contribution < -0.4 is 15.2 Å². The first-order chi connectivity index (χ1) is 9.83. The van der Waals surface area contributed by atoms with Crippen molar-refractivity contribution in [3.05, 3.63) is 29.3 Å². The van der Waals surface area contributed by atoms with Crippen LogP contribution in [0.15, 0.2) is 28.5 Å². The van der Waals surface area contributed by atoms with E-state index >= 15 is 0 Å². The van der Waals surface area contributed by atoms with Gasteiger partial charge in [-0.15, -0.1) is 11.3 Å². The summed E-state index contributed by atoms with van der Waals surface area (Å²) in [6.45, 7) is 1.36. The number of hydrogen-bond acceptors (Lipinski definition) is 7. The lowest BCUT2D eigenvalue weighted by molar-refractivity contribution is 0.101. The van der Waals surface area contributed by atoms with Crippen LogP contribution in [0.1, 0.15) is 17.4 Å². The highest BCUT2D eigenvalue weighted by Crippen LogP contribution is 2.28. The second-order valence-electron chi connectivity index (χ2n) is 4.11. The van der Waals surface area contributed by atoms with Gasteiger partial charge in [0.25, 0.3) is 10.0 Å². The third-order valence-corrected chi connectivity index (χ3v) is 4.81. The molecule has 0 amide bonds. The molecule has 0 saturated carbocycles. The minimum Gasteiger partial charge on any atom is -0.495 e. The van der Waals surface area contributed by atoms with Crippen molar-refractivity contribution < 1.29 is 17.9 Å². The van der Waals surface area contributed by atoms with Gasteiger partial charge in [0.2, 0.25) is 0 Å². The summed E-state index contributed by atoms with van der Waals surface area (Å²) in [7, 11) is -2.55. The number of nitrogens with zero attached hydrogens (tertiary/aromatic N) is 1. The van der Waals surface area contributed by atoms with Crippen LogP contribution in [0.5, 0.6) is 5.75 Å². The van der Waals surface area contributed by atoms with Crippen LogP contribution in [0.2, 0.25) is 0 Å². The fourth-order valence-electron chi connectivity index (χ4n) is 1.56. The summed E-state index contributed by atoms with van der Waals surface area (Å²) < 4.78 is 32.0. The molecule has 2 aromatic rings. The highest BCUT2D eigenvalue weighted by atomic mass is 32.2. The van der Waals surface area contributed by atoms with Crippen molar-refractivity contribution >= 4 is 38.0 Å². The van der Waals surface area contributed by atoms with Gasteiger partial charge in [0.05, 0.1) is 7.11 Å². The molecule has 1 aromatic heterocycles. The maximum Gasteiger partial charge on any atom is 0.267 e. The predicted molar refractivity (Wildman–Crippen MR) is 80.3 cm³/mol. The van der Waals surface area contributed by atoms with Crippen LogP contribution in [0.3, 0.4) is 0 Å². The molecule has 3 N–H and O–H groups in total. The molecule has 0 saturated heterocycles. The molecule has 0 unspecified atom stereocenters. The highest BCUT2D eigenvalue weighted by molar-refractivity contribution is 7.93. The summed E-state index contributed by atoms with van der Waals surface area (Å²) >= 11 is 1.02. The molecule has 0 aliphatic rings. The van der Waals surface area contributed by atoms with Crippen LogP contribution in [0, 0.1) is 0 Å². The molecule has 0 fully saturated rings. The fourth-order valence-corrected chi connectivity index (χ4v) is 3.76. The molecule has 1 aromatic carbocycles. The van der Waals surface area contributed by atoms with Crippen LogP contribution in [0.4, 0.5) is 10.8 Å². The monoisotopic (exact) mass is 327 g/mol. The number of carbonyl (C=O) groups is 1. The third kappa shape index (κ3) is 3.31. The molecule has 0 aliphatic carbocycles. The lowest BCUT2D eigenvalue weighted by Gasteiger charge is -2.10. The van der Waals surface area contributed by atoms with Crippen molar-refractivity contribution in [1.29, 1.82) is 0 Å². The lowest BCUT2D eigenvalue weighted by Crippen LogP contribution is -2.14. The Balaban J connectivity index is 2.38. The van der Waals surface area contributed by atoms with E-state index in [0.29, 0.717) is 5.69 Å². The Kier molecular flexibility index (Phi) is 4.14. The number of ketones is 1. The van der Waals surface area contributed by atoms with Gasteiger partial charge < -0.3 is 10.5 Å². The first kappa shape index (κ1) is 15.3. The zero-order valence-electron chi connectivity index (χ0n) is 11.3. The van der Waals surface area contributed by atoms with E-state index in [9.17, 15) is 13.2 Å². The zero-order chi connectivity index (χ0) is 15.6. The molecule has 0 radical (unpaired) electrons. The maximum atomic E-state index is 12.3. The number of nitrogen functional groups attached to an aromatic ring is 1. The van der Waals surface area contributed by atoms with Crippen molar-refractivity contribution in [2.45, 2.75) is 11.8 Å². The molecular formula is C12H13N3O4S2. The summed E-state index contributed by atoms with van der Waals surface area (Å²) in [5, 5.41) is 1.58. The number of carbonyl (C=O) groups excluding carboxylic acids is 1. The quantitative estimate of drug-likeness (QED) is 0.639. The van der Waals surface area contributed by atoms with E-state index in [4.69, 9.17) is 10.5 Å². The van der Waals surface area contributed by atoms with Gasteiger partial charge in [0.15, 0.2) is 10.9 Å². The molecule has 2 rings (SSSR count).